The number of aliphatic imine (C=N–C) groups is 1. The number of piperidine rings is 1. The number of carbonyl (C=O) groups excluding carboxylic acids is 3. The van der Waals surface area contributed by atoms with E-state index in [-0.39, 0.29) is 33.9 Å². The number of amides is 3. The van der Waals surface area contributed by atoms with Crippen LogP contribution in [0.3, 0.4) is 0 Å². The minimum atomic E-state index is -0.945. The molecule has 9 heteroatoms. The van der Waals surface area contributed by atoms with E-state index in [4.69, 9.17) is 4.74 Å². The fraction of sp³-hybridized carbons (Fsp3) is 0.475. The van der Waals surface area contributed by atoms with Gasteiger partial charge in [0.25, 0.3) is 5.91 Å². The summed E-state index contributed by atoms with van der Waals surface area (Å²) in [4.78, 5) is 59.9. The second kappa shape index (κ2) is 13.4. The van der Waals surface area contributed by atoms with E-state index >= 15 is 0 Å². The maximum atomic E-state index is 14.8. The van der Waals surface area contributed by atoms with E-state index in [1.165, 1.54) is 5.57 Å². The average Bonchev–Trinajstić information content (AvgIpc) is 3.05. The zero-order valence-electron chi connectivity index (χ0n) is 29.8. The molecule has 2 aromatic carbocycles. The standard InChI is InChI=1S/C40H49N3O6/c1-8-31(41-36(48)49-37(2,3)4)33(44)42-24-21-40(22-25-42,29-12-10-9-11-13-29)35(47)43-23-19-32-38(5,6)30(18-20-39(32,7)26-43)27-14-16-28(17-15-27)34(45)46/h9-19H,8,20-26H2,1-7H3,(H,45,46)/t39-/m1/s1. The monoisotopic (exact) mass is 667 g/mol. The van der Waals surface area contributed by atoms with Gasteiger partial charge in [-0.1, -0.05) is 87.9 Å². The molecule has 0 saturated carbocycles. The fourth-order valence-corrected chi connectivity index (χ4v) is 7.99. The summed E-state index contributed by atoms with van der Waals surface area (Å²) >= 11 is 0. The Morgan fingerprint density at radius 3 is 2.10 bits per heavy atom. The molecule has 260 valence electrons. The predicted molar refractivity (Wildman–Crippen MR) is 190 cm³/mol. The summed E-state index contributed by atoms with van der Waals surface area (Å²) in [6.07, 6.45) is 5.64. The van der Waals surface area contributed by atoms with Gasteiger partial charge in [-0.05, 0) is 75.3 Å². The van der Waals surface area contributed by atoms with E-state index in [2.05, 4.69) is 37.9 Å². The van der Waals surface area contributed by atoms with Crippen molar-refractivity contribution in [2.75, 3.05) is 26.2 Å². The summed E-state index contributed by atoms with van der Waals surface area (Å²) in [7, 11) is 0. The van der Waals surface area contributed by atoms with Gasteiger partial charge < -0.3 is 19.6 Å². The minimum Gasteiger partial charge on any atom is -0.478 e. The highest BCUT2D eigenvalue weighted by atomic mass is 16.6. The Hall–Kier alpha value is -4.53. The largest absolute Gasteiger partial charge is 0.478 e. The first kappa shape index (κ1) is 35.8. The van der Waals surface area contributed by atoms with Crippen molar-refractivity contribution in [2.45, 2.75) is 85.2 Å². The van der Waals surface area contributed by atoms with Crippen LogP contribution >= 0.6 is 0 Å². The Morgan fingerprint density at radius 1 is 0.898 bits per heavy atom. The molecular weight excluding hydrogens is 618 g/mol. The molecule has 1 fully saturated rings. The van der Waals surface area contributed by atoms with Gasteiger partial charge in [-0.15, -0.1) is 0 Å². The predicted octanol–water partition coefficient (Wildman–Crippen LogP) is 7.32. The third-order valence-electron chi connectivity index (χ3n) is 10.4. The lowest BCUT2D eigenvalue weighted by molar-refractivity contribution is -0.142. The fourth-order valence-electron chi connectivity index (χ4n) is 7.99. The summed E-state index contributed by atoms with van der Waals surface area (Å²) < 4.78 is 5.32. The molecule has 2 aromatic rings. The second-order valence-electron chi connectivity index (χ2n) is 15.3. The smallest absolute Gasteiger partial charge is 0.434 e. The number of fused-ring (bicyclic) bond motifs is 1. The van der Waals surface area contributed by atoms with E-state index in [1.807, 2.05) is 47.4 Å². The van der Waals surface area contributed by atoms with Crippen LogP contribution in [-0.4, -0.2) is 76.3 Å². The van der Waals surface area contributed by atoms with E-state index in [9.17, 15) is 24.3 Å². The number of rotatable bonds is 6. The summed E-state index contributed by atoms with van der Waals surface area (Å²) in [6, 6.07) is 16.9. The number of hydrogen-bond donors (Lipinski definition) is 1. The minimum absolute atomic E-state index is 0.0669. The van der Waals surface area contributed by atoms with Gasteiger partial charge in [0.2, 0.25) is 5.91 Å². The van der Waals surface area contributed by atoms with Gasteiger partial charge in [-0.2, -0.15) is 4.99 Å². The molecule has 1 saturated heterocycles. The highest BCUT2D eigenvalue weighted by Crippen LogP contribution is 2.55. The lowest BCUT2D eigenvalue weighted by Gasteiger charge is -2.52. The van der Waals surface area contributed by atoms with Crippen LogP contribution in [0.25, 0.3) is 5.57 Å². The van der Waals surface area contributed by atoms with Gasteiger partial charge in [-0.25, -0.2) is 9.59 Å². The molecule has 5 rings (SSSR count). The lowest BCUT2D eigenvalue weighted by atomic mass is 9.58. The molecule has 0 radical (unpaired) electrons. The van der Waals surface area contributed by atoms with Crippen molar-refractivity contribution in [3.8, 4) is 0 Å². The zero-order chi connectivity index (χ0) is 35.8. The number of ether oxygens (including phenoxy) is 1. The van der Waals surface area contributed by atoms with Crippen LogP contribution < -0.4 is 0 Å². The summed E-state index contributed by atoms with van der Waals surface area (Å²) in [5.41, 5.74) is 2.71. The number of carboxylic acid groups (broad SMARTS) is 1. The first-order chi connectivity index (χ1) is 23.0. The Bertz CT molecular complexity index is 1710. The van der Waals surface area contributed by atoms with Crippen LogP contribution in [0.5, 0.6) is 0 Å². The van der Waals surface area contributed by atoms with Gasteiger partial charge in [0, 0.05) is 37.0 Å². The van der Waals surface area contributed by atoms with Crippen LogP contribution in [0.4, 0.5) is 4.79 Å². The first-order valence-electron chi connectivity index (χ1n) is 17.2. The average molecular weight is 668 g/mol. The summed E-state index contributed by atoms with van der Waals surface area (Å²) in [5, 5.41) is 9.37. The normalized spacial score (nSPS) is 22.0. The molecular formula is C40H49N3O6. The lowest BCUT2D eigenvalue weighted by Crippen LogP contribution is -2.57. The molecule has 1 atom stereocenters. The number of allylic oxidation sites excluding steroid dienone is 2. The van der Waals surface area contributed by atoms with Gasteiger partial charge >= 0.3 is 12.1 Å². The maximum Gasteiger partial charge on any atom is 0.434 e. The molecule has 49 heavy (non-hydrogen) atoms. The van der Waals surface area contributed by atoms with Crippen LogP contribution in [0.1, 0.15) is 95.6 Å². The van der Waals surface area contributed by atoms with Crippen molar-refractivity contribution in [1.82, 2.24) is 9.80 Å². The van der Waals surface area contributed by atoms with Gasteiger partial charge in [0.05, 0.1) is 11.0 Å². The molecule has 1 N–H and O–H groups in total. The zero-order valence-corrected chi connectivity index (χ0v) is 29.8. The van der Waals surface area contributed by atoms with Crippen molar-refractivity contribution in [2.24, 2.45) is 15.8 Å². The number of carbonyl (C=O) groups is 4. The first-order valence-corrected chi connectivity index (χ1v) is 17.2. The Labute approximate surface area is 289 Å². The number of benzene rings is 2. The molecule has 1 aliphatic carbocycles. The van der Waals surface area contributed by atoms with Crippen LogP contribution in [0, 0.1) is 10.8 Å². The Kier molecular flexibility index (Phi) is 9.79. The van der Waals surface area contributed by atoms with Crippen LogP contribution in [0.2, 0.25) is 0 Å². The number of hydrogen-bond acceptors (Lipinski definition) is 5. The van der Waals surface area contributed by atoms with Crippen LogP contribution in [0.15, 0.2) is 77.3 Å². The number of likely N-dealkylation sites (tertiary alicyclic amines) is 1. The number of carboxylic acids is 1. The summed E-state index contributed by atoms with van der Waals surface area (Å²) in [5.74, 6) is -1.18. The van der Waals surface area contributed by atoms with Crippen molar-refractivity contribution in [1.29, 1.82) is 0 Å². The molecule has 0 bridgehead atoms. The van der Waals surface area contributed by atoms with Crippen molar-refractivity contribution in [3.63, 3.8) is 0 Å². The number of nitrogens with zero attached hydrogens (tertiary/aromatic N) is 3. The Morgan fingerprint density at radius 2 is 1.53 bits per heavy atom. The highest BCUT2D eigenvalue weighted by molar-refractivity contribution is 6.40. The topological polar surface area (TPSA) is 117 Å². The van der Waals surface area contributed by atoms with Gasteiger partial charge in [0.1, 0.15) is 11.3 Å². The molecule has 0 unspecified atom stereocenters. The van der Waals surface area contributed by atoms with Crippen molar-refractivity contribution < 1.29 is 29.0 Å². The van der Waals surface area contributed by atoms with Crippen molar-refractivity contribution in [3.05, 3.63) is 89.0 Å². The van der Waals surface area contributed by atoms with Gasteiger partial charge in [-0.3, -0.25) is 9.59 Å². The van der Waals surface area contributed by atoms with Gasteiger partial charge in [0.15, 0.2) is 0 Å². The number of aromatic carboxylic acids is 1. The van der Waals surface area contributed by atoms with E-state index in [0.29, 0.717) is 45.4 Å². The molecule has 2 aliphatic heterocycles. The highest BCUT2D eigenvalue weighted by Gasteiger charge is 2.51. The quantitative estimate of drug-likeness (QED) is 0.255. The van der Waals surface area contributed by atoms with E-state index < -0.39 is 23.1 Å². The molecule has 0 spiro atoms. The molecule has 3 amide bonds. The third kappa shape index (κ3) is 7.12. The maximum absolute atomic E-state index is 14.8. The Balaban J connectivity index is 1.37. The van der Waals surface area contributed by atoms with Crippen LogP contribution in [-0.2, 0) is 19.7 Å². The van der Waals surface area contributed by atoms with E-state index in [0.717, 1.165) is 23.1 Å². The van der Waals surface area contributed by atoms with Crippen molar-refractivity contribution >= 4 is 35.2 Å². The second-order valence-corrected chi connectivity index (χ2v) is 15.3. The summed E-state index contributed by atoms with van der Waals surface area (Å²) in [6.45, 7) is 15.5. The molecule has 3 aliphatic rings. The van der Waals surface area contributed by atoms with E-state index in [1.54, 1.807) is 44.7 Å². The molecule has 2 heterocycles. The third-order valence-corrected chi connectivity index (χ3v) is 10.4. The molecule has 9 nitrogen and oxygen atoms in total. The molecule has 0 aromatic heterocycles. The SMILES string of the molecule is CCC(=NC(=O)OC(C)(C)C)C(=O)N1CCC(C(=O)N2CC=C3C(C)(C)C(c4ccc(C(=O)O)cc4)=CC[C@]3(C)C2)(c2ccccc2)CC1.